The third kappa shape index (κ3) is 3.22. The molecule has 1 aromatic heterocycles. The molecule has 1 heterocycles. The van der Waals surface area contributed by atoms with Gasteiger partial charge in [0.1, 0.15) is 0 Å². The van der Waals surface area contributed by atoms with E-state index in [2.05, 4.69) is 79.6 Å². The van der Waals surface area contributed by atoms with Crippen molar-refractivity contribution in [3.63, 3.8) is 0 Å². The molecule has 3 rings (SSSR count). The van der Waals surface area contributed by atoms with Gasteiger partial charge < -0.3 is 4.98 Å². The monoisotopic (exact) mass is 293 g/mol. The summed E-state index contributed by atoms with van der Waals surface area (Å²) >= 11 is 1.87. The second kappa shape index (κ2) is 6.23. The van der Waals surface area contributed by atoms with Gasteiger partial charge in [-0.15, -0.1) is 11.8 Å². The fourth-order valence-corrected chi connectivity index (χ4v) is 3.37. The Labute approximate surface area is 130 Å². The Hall–Kier alpha value is -1.93. The molecule has 0 amide bonds. The molecule has 0 aliphatic heterocycles. The van der Waals surface area contributed by atoms with Crippen LogP contribution in [0, 0.1) is 13.8 Å². The third-order valence-electron chi connectivity index (χ3n) is 3.63. The standard InChI is InChI=1S/C19H19NS/c1-14-8-10-16(11-9-14)19-15(2)12-20-18(19)13-21-17-6-4-3-5-7-17/h3-12,20H,13H2,1-2H3. The topological polar surface area (TPSA) is 15.8 Å². The molecule has 0 saturated carbocycles. The van der Waals surface area contributed by atoms with E-state index in [0.717, 1.165) is 5.75 Å². The molecule has 0 aliphatic rings. The number of hydrogen-bond donors (Lipinski definition) is 1. The van der Waals surface area contributed by atoms with Crippen LogP contribution in [0.4, 0.5) is 0 Å². The van der Waals surface area contributed by atoms with Gasteiger partial charge in [-0.25, -0.2) is 0 Å². The van der Waals surface area contributed by atoms with Crippen LogP contribution in [-0.4, -0.2) is 4.98 Å². The third-order valence-corrected chi connectivity index (χ3v) is 4.66. The summed E-state index contributed by atoms with van der Waals surface area (Å²) in [7, 11) is 0. The van der Waals surface area contributed by atoms with Crippen LogP contribution >= 0.6 is 11.8 Å². The first-order valence-corrected chi connectivity index (χ1v) is 8.14. The van der Waals surface area contributed by atoms with Crippen molar-refractivity contribution in [2.75, 3.05) is 0 Å². The van der Waals surface area contributed by atoms with Gasteiger partial charge in [-0.3, -0.25) is 0 Å². The van der Waals surface area contributed by atoms with Gasteiger partial charge in [-0.1, -0.05) is 48.0 Å². The van der Waals surface area contributed by atoms with Crippen molar-refractivity contribution >= 4 is 11.8 Å². The molecule has 2 heteroatoms. The van der Waals surface area contributed by atoms with E-state index in [0.29, 0.717) is 0 Å². The smallest absolute Gasteiger partial charge is 0.0389 e. The Balaban J connectivity index is 1.85. The molecular weight excluding hydrogens is 274 g/mol. The first-order chi connectivity index (χ1) is 10.2. The van der Waals surface area contributed by atoms with Crippen LogP contribution in [-0.2, 0) is 5.75 Å². The van der Waals surface area contributed by atoms with Crippen LogP contribution in [0.15, 0.2) is 65.7 Å². The number of benzene rings is 2. The van der Waals surface area contributed by atoms with E-state index in [1.165, 1.54) is 32.8 Å². The zero-order chi connectivity index (χ0) is 14.7. The fraction of sp³-hybridized carbons (Fsp3) is 0.158. The number of aromatic amines is 1. The van der Waals surface area contributed by atoms with E-state index < -0.39 is 0 Å². The van der Waals surface area contributed by atoms with Crippen LogP contribution in [0.3, 0.4) is 0 Å². The van der Waals surface area contributed by atoms with E-state index >= 15 is 0 Å². The normalized spacial score (nSPS) is 10.8. The molecule has 0 fully saturated rings. The van der Waals surface area contributed by atoms with Gasteiger partial charge in [0.15, 0.2) is 0 Å². The Morgan fingerprint density at radius 3 is 2.33 bits per heavy atom. The highest BCUT2D eigenvalue weighted by atomic mass is 32.2. The van der Waals surface area contributed by atoms with Gasteiger partial charge in [0.25, 0.3) is 0 Å². The lowest BCUT2D eigenvalue weighted by Gasteiger charge is -2.07. The second-order valence-electron chi connectivity index (χ2n) is 5.29. The lowest BCUT2D eigenvalue weighted by atomic mass is 10.0. The fourth-order valence-electron chi connectivity index (χ4n) is 2.49. The van der Waals surface area contributed by atoms with Gasteiger partial charge in [-0.05, 0) is 37.1 Å². The molecule has 3 aromatic rings. The highest BCUT2D eigenvalue weighted by Crippen LogP contribution is 2.31. The summed E-state index contributed by atoms with van der Waals surface area (Å²) in [5, 5.41) is 0. The van der Waals surface area contributed by atoms with Crippen molar-refractivity contribution in [2.45, 2.75) is 24.5 Å². The van der Waals surface area contributed by atoms with Crippen molar-refractivity contribution < 1.29 is 0 Å². The zero-order valence-electron chi connectivity index (χ0n) is 12.4. The number of nitrogens with one attached hydrogen (secondary N) is 1. The Morgan fingerprint density at radius 1 is 0.905 bits per heavy atom. The van der Waals surface area contributed by atoms with E-state index in [1.54, 1.807) is 0 Å². The number of rotatable bonds is 4. The first kappa shape index (κ1) is 14.0. The van der Waals surface area contributed by atoms with Crippen molar-refractivity contribution in [3.05, 3.63) is 77.6 Å². The van der Waals surface area contributed by atoms with Crippen LogP contribution in [0.25, 0.3) is 11.1 Å². The summed E-state index contributed by atoms with van der Waals surface area (Å²) in [6, 6.07) is 19.3. The molecule has 0 saturated heterocycles. The van der Waals surface area contributed by atoms with Crippen LogP contribution < -0.4 is 0 Å². The maximum Gasteiger partial charge on any atom is 0.0389 e. The summed E-state index contributed by atoms with van der Waals surface area (Å²) in [5.74, 6) is 0.959. The van der Waals surface area contributed by atoms with Gasteiger partial charge in [0, 0.05) is 28.1 Å². The quantitative estimate of drug-likeness (QED) is 0.620. The number of aryl methyl sites for hydroxylation is 2. The number of aromatic nitrogens is 1. The SMILES string of the molecule is Cc1ccc(-c2c(C)c[nH]c2CSc2ccccc2)cc1. The lowest BCUT2D eigenvalue weighted by Crippen LogP contribution is -1.87. The maximum absolute atomic E-state index is 3.44. The summed E-state index contributed by atoms with van der Waals surface area (Å²) in [5.41, 5.74) is 6.54. The Bertz CT molecular complexity index is 711. The minimum absolute atomic E-state index is 0.959. The molecule has 0 radical (unpaired) electrons. The highest BCUT2D eigenvalue weighted by Gasteiger charge is 2.10. The zero-order valence-corrected chi connectivity index (χ0v) is 13.2. The summed E-state index contributed by atoms with van der Waals surface area (Å²) in [4.78, 5) is 4.74. The van der Waals surface area contributed by atoms with Crippen molar-refractivity contribution in [2.24, 2.45) is 0 Å². The molecule has 106 valence electrons. The van der Waals surface area contributed by atoms with E-state index in [4.69, 9.17) is 0 Å². The second-order valence-corrected chi connectivity index (χ2v) is 6.34. The molecule has 0 bridgehead atoms. The highest BCUT2D eigenvalue weighted by molar-refractivity contribution is 7.98. The predicted octanol–water partition coefficient (Wildman–Crippen LogP) is 5.59. The summed E-state index contributed by atoms with van der Waals surface area (Å²) in [6.45, 7) is 4.29. The minimum atomic E-state index is 0.959. The van der Waals surface area contributed by atoms with Crippen LogP contribution in [0.1, 0.15) is 16.8 Å². The largest absolute Gasteiger partial charge is 0.364 e. The molecule has 1 nitrogen and oxygen atoms in total. The molecule has 0 unspecified atom stereocenters. The predicted molar refractivity (Wildman–Crippen MR) is 91.7 cm³/mol. The average Bonchev–Trinajstić information content (AvgIpc) is 2.88. The van der Waals surface area contributed by atoms with Gasteiger partial charge in [0.2, 0.25) is 0 Å². The molecule has 2 aromatic carbocycles. The van der Waals surface area contributed by atoms with Crippen molar-refractivity contribution in [1.82, 2.24) is 4.98 Å². The molecule has 0 spiro atoms. The van der Waals surface area contributed by atoms with Crippen molar-refractivity contribution in [1.29, 1.82) is 0 Å². The number of thioether (sulfide) groups is 1. The maximum atomic E-state index is 3.44. The molecule has 21 heavy (non-hydrogen) atoms. The minimum Gasteiger partial charge on any atom is -0.364 e. The molecule has 0 atom stereocenters. The first-order valence-electron chi connectivity index (χ1n) is 7.16. The molecule has 1 N–H and O–H groups in total. The summed E-state index contributed by atoms with van der Waals surface area (Å²) < 4.78 is 0. The molecule has 0 aliphatic carbocycles. The number of hydrogen-bond acceptors (Lipinski definition) is 1. The number of H-pyrrole nitrogens is 1. The van der Waals surface area contributed by atoms with Crippen LogP contribution in [0.2, 0.25) is 0 Å². The Morgan fingerprint density at radius 2 is 1.62 bits per heavy atom. The summed E-state index contributed by atoms with van der Waals surface area (Å²) in [6.07, 6.45) is 2.11. The van der Waals surface area contributed by atoms with Gasteiger partial charge in [-0.2, -0.15) is 0 Å². The van der Waals surface area contributed by atoms with E-state index in [9.17, 15) is 0 Å². The van der Waals surface area contributed by atoms with Crippen molar-refractivity contribution in [3.8, 4) is 11.1 Å². The molecular formula is C19H19NS. The van der Waals surface area contributed by atoms with Crippen LogP contribution in [0.5, 0.6) is 0 Å². The Kier molecular flexibility index (Phi) is 4.16. The van der Waals surface area contributed by atoms with Gasteiger partial charge in [0.05, 0.1) is 0 Å². The lowest BCUT2D eigenvalue weighted by molar-refractivity contribution is 1.23. The van der Waals surface area contributed by atoms with Gasteiger partial charge >= 0.3 is 0 Å². The van der Waals surface area contributed by atoms with E-state index in [1.807, 2.05) is 11.8 Å². The average molecular weight is 293 g/mol. The van der Waals surface area contributed by atoms with E-state index in [-0.39, 0.29) is 0 Å².